The lowest BCUT2D eigenvalue weighted by Crippen LogP contribution is -2.22. The van der Waals surface area contributed by atoms with Crippen LogP contribution in [0.1, 0.15) is 16.2 Å². The molecule has 0 fully saturated rings. The maximum Gasteiger partial charge on any atom is 0.271 e. The number of aromatic nitrogens is 2. The van der Waals surface area contributed by atoms with Crippen molar-refractivity contribution in [2.24, 2.45) is 0 Å². The second kappa shape index (κ2) is 4.54. The number of hydrogen-bond donors (Lipinski definition) is 1. The molecule has 5 nitrogen and oxygen atoms in total. The number of rotatable bonds is 3. The Hall–Kier alpha value is -1.21. The average molecular weight is 288 g/mol. The molecule has 0 aliphatic heterocycles. The topological polar surface area (TPSA) is 68.0 Å². The minimum absolute atomic E-state index is 0.228. The molecule has 0 aliphatic carbocycles. The predicted molar refractivity (Wildman–Crippen MR) is 57.5 cm³/mol. The van der Waals surface area contributed by atoms with Crippen molar-refractivity contribution in [3.05, 3.63) is 33.0 Å². The first kappa shape index (κ1) is 10.3. The fourth-order valence-electron chi connectivity index (χ4n) is 0.947. The van der Waals surface area contributed by atoms with Crippen LogP contribution in [0, 0.1) is 0 Å². The molecule has 7 heteroatoms. The molecule has 2 heterocycles. The smallest absolute Gasteiger partial charge is 0.271 e. The Bertz CT molecular complexity index is 454. The summed E-state index contributed by atoms with van der Waals surface area (Å²) < 4.78 is 5.52. The van der Waals surface area contributed by atoms with Gasteiger partial charge >= 0.3 is 0 Å². The molecule has 0 unspecified atom stereocenters. The van der Waals surface area contributed by atoms with E-state index in [9.17, 15) is 4.79 Å². The van der Waals surface area contributed by atoms with Gasteiger partial charge in [-0.15, -0.1) is 11.3 Å². The van der Waals surface area contributed by atoms with Gasteiger partial charge in [0.2, 0.25) is 0 Å². The van der Waals surface area contributed by atoms with Gasteiger partial charge < -0.3 is 9.84 Å². The molecule has 0 spiro atoms. The van der Waals surface area contributed by atoms with Crippen molar-refractivity contribution in [3.63, 3.8) is 0 Å². The molecule has 2 aromatic rings. The predicted octanol–water partition coefficient (Wildman–Crippen LogP) is 1.82. The van der Waals surface area contributed by atoms with Crippen molar-refractivity contribution >= 4 is 33.2 Å². The summed E-state index contributed by atoms with van der Waals surface area (Å²) >= 11 is 4.55. The van der Waals surface area contributed by atoms with Gasteiger partial charge in [-0.2, -0.15) is 0 Å². The van der Waals surface area contributed by atoms with Crippen molar-refractivity contribution in [2.75, 3.05) is 0 Å². The van der Waals surface area contributed by atoms with Crippen LogP contribution in [0.5, 0.6) is 0 Å². The summed E-state index contributed by atoms with van der Waals surface area (Å²) in [7, 11) is 0. The molecule has 0 bridgehead atoms. The summed E-state index contributed by atoms with van der Waals surface area (Å²) in [4.78, 5) is 15.5. The Balaban J connectivity index is 1.93. The summed E-state index contributed by atoms with van der Waals surface area (Å²) in [5.41, 5.74) is 0.395. The largest absolute Gasteiger partial charge is 0.360 e. The fourth-order valence-corrected chi connectivity index (χ4v) is 1.94. The number of amides is 1. The van der Waals surface area contributed by atoms with Crippen LogP contribution in [0.15, 0.2) is 26.1 Å². The first-order chi connectivity index (χ1) is 7.25. The van der Waals surface area contributed by atoms with Crippen LogP contribution in [0.2, 0.25) is 0 Å². The Kier molecular flexibility index (Phi) is 3.12. The van der Waals surface area contributed by atoms with Gasteiger partial charge in [0.25, 0.3) is 5.91 Å². The minimum atomic E-state index is -0.228. The van der Waals surface area contributed by atoms with Crippen molar-refractivity contribution in [1.29, 1.82) is 0 Å². The van der Waals surface area contributed by atoms with Crippen molar-refractivity contribution < 1.29 is 9.32 Å². The first-order valence-corrected chi connectivity index (χ1v) is 5.72. The lowest BCUT2D eigenvalue weighted by Gasteiger charge is -1.98. The lowest BCUT2D eigenvalue weighted by molar-refractivity contribution is 0.0942. The van der Waals surface area contributed by atoms with Gasteiger partial charge in [0.05, 0.1) is 12.7 Å². The molecule has 1 amide bonds. The second-order valence-electron chi connectivity index (χ2n) is 2.65. The average Bonchev–Trinajstić information content (AvgIpc) is 2.84. The van der Waals surface area contributed by atoms with Gasteiger partial charge in [0.15, 0.2) is 9.68 Å². The fraction of sp³-hybridized carbons (Fsp3) is 0.125. The normalized spacial score (nSPS) is 10.2. The molecule has 0 aromatic carbocycles. The summed E-state index contributed by atoms with van der Waals surface area (Å²) in [6, 6.07) is 1.69. The number of thiazole rings is 1. The summed E-state index contributed by atoms with van der Waals surface area (Å²) in [5, 5.41) is 7.88. The highest BCUT2D eigenvalue weighted by Crippen LogP contribution is 2.15. The third-order valence-corrected chi connectivity index (χ3v) is 2.99. The Morgan fingerprint density at radius 1 is 1.67 bits per heavy atom. The SMILES string of the molecule is O=C(NCc1ccno1)c1csc(Br)n1. The van der Waals surface area contributed by atoms with Crippen LogP contribution in [-0.2, 0) is 6.54 Å². The Morgan fingerprint density at radius 2 is 2.53 bits per heavy atom. The van der Waals surface area contributed by atoms with E-state index in [1.54, 1.807) is 11.4 Å². The highest BCUT2D eigenvalue weighted by molar-refractivity contribution is 9.11. The van der Waals surface area contributed by atoms with Crippen LogP contribution in [0.4, 0.5) is 0 Å². The Labute approximate surface area is 97.6 Å². The van der Waals surface area contributed by atoms with E-state index < -0.39 is 0 Å². The second-order valence-corrected chi connectivity index (χ2v) is 4.78. The lowest BCUT2D eigenvalue weighted by atomic mass is 10.4. The van der Waals surface area contributed by atoms with Gasteiger partial charge in [0, 0.05) is 11.4 Å². The number of carbonyl (C=O) groups excluding carboxylic acids is 1. The number of halogens is 1. The molecule has 0 radical (unpaired) electrons. The first-order valence-electron chi connectivity index (χ1n) is 4.04. The molecule has 0 aliphatic rings. The van der Waals surface area contributed by atoms with E-state index in [1.807, 2.05) is 0 Å². The number of nitrogens with zero attached hydrogens (tertiary/aromatic N) is 2. The van der Waals surface area contributed by atoms with Gasteiger partial charge in [0.1, 0.15) is 5.69 Å². The third kappa shape index (κ3) is 2.63. The molecule has 2 aromatic heterocycles. The van der Waals surface area contributed by atoms with Crippen LogP contribution in [0.3, 0.4) is 0 Å². The zero-order valence-corrected chi connectivity index (χ0v) is 9.84. The summed E-state index contributed by atoms with van der Waals surface area (Å²) in [6.07, 6.45) is 1.53. The van der Waals surface area contributed by atoms with E-state index in [-0.39, 0.29) is 5.91 Å². The van der Waals surface area contributed by atoms with E-state index in [4.69, 9.17) is 4.52 Å². The van der Waals surface area contributed by atoms with Crippen molar-refractivity contribution in [2.45, 2.75) is 6.54 Å². The van der Waals surface area contributed by atoms with E-state index in [0.717, 1.165) is 0 Å². The third-order valence-electron chi connectivity index (χ3n) is 1.62. The van der Waals surface area contributed by atoms with Crippen LogP contribution in [-0.4, -0.2) is 16.0 Å². The number of nitrogens with one attached hydrogen (secondary N) is 1. The van der Waals surface area contributed by atoms with Crippen molar-refractivity contribution in [3.8, 4) is 0 Å². The van der Waals surface area contributed by atoms with Gasteiger partial charge in [-0.1, -0.05) is 5.16 Å². The highest BCUT2D eigenvalue weighted by atomic mass is 79.9. The Morgan fingerprint density at radius 3 is 3.13 bits per heavy atom. The number of carbonyl (C=O) groups is 1. The standard InChI is InChI=1S/C8H6BrN3O2S/c9-8-12-6(4-15-8)7(13)10-3-5-1-2-11-14-5/h1-2,4H,3H2,(H,10,13). The maximum atomic E-state index is 11.5. The molecule has 1 N–H and O–H groups in total. The highest BCUT2D eigenvalue weighted by Gasteiger charge is 2.09. The zero-order chi connectivity index (χ0) is 10.7. The van der Waals surface area contributed by atoms with Gasteiger partial charge in [-0.3, -0.25) is 4.79 Å². The quantitative estimate of drug-likeness (QED) is 0.935. The van der Waals surface area contributed by atoms with Crippen molar-refractivity contribution in [1.82, 2.24) is 15.5 Å². The van der Waals surface area contributed by atoms with Crippen LogP contribution in [0.25, 0.3) is 0 Å². The molecular formula is C8H6BrN3O2S. The van der Waals surface area contributed by atoms with E-state index >= 15 is 0 Å². The minimum Gasteiger partial charge on any atom is -0.360 e. The molecule has 2 rings (SSSR count). The molecule has 0 saturated heterocycles. The molecule has 0 atom stereocenters. The van der Waals surface area contributed by atoms with E-state index in [0.29, 0.717) is 21.9 Å². The zero-order valence-electron chi connectivity index (χ0n) is 7.44. The van der Waals surface area contributed by atoms with E-state index in [1.165, 1.54) is 17.5 Å². The summed E-state index contributed by atoms with van der Waals surface area (Å²) in [6.45, 7) is 0.313. The number of hydrogen-bond acceptors (Lipinski definition) is 5. The maximum absolute atomic E-state index is 11.5. The molecule has 78 valence electrons. The van der Waals surface area contributed by atoms with Gasteiger partial charge in [-0.05, 0) is 15.9 Å². The van der Waals surface area contributed by atoms with Gasteiger partial charge in [-0.25, -0.2) is 4.98 Å². The summed E-state index contributed by atoms with van der Waals surface area (Å²) in [5.74, 6) is 0.381. The molecular weight excluding hydrogens is 282 g/mol. The molecule has 15 heavy (non-hydrogen) atoms. The van der Waals surface area contributed by atoms with Crippen LogP contribution >= 0.6 is 27.3 Å². The van der Waals surface area contributed by atoms with Crippen LogP contribution < -0.4 is 5.32 Å². The van der Waals surface area contributed by atoms with E-state index in [2.05, 4.69) is 31.4 Å². The monoisotopic (exact) mass is 287 g/mol. The molecule has 0 saturated carbocycles.